The number of benzene rings is 1. The number of hydrogen-bond donors (Lipinski definition) is 1. The van der Waals surface area contributed by atoms with Crippen molar-refractivity contribution in [2.45, 2.75) is 58.2 Å². The van der Waals surface area contributed by atoms with Crippen molar-refractivity contribution in [2.75, 3.05) is 25.1 Å². The predicted molar refractivity (Wildman–Crippen MR) is 89.9 cm³/mol. The molecule has 3 heteroatoms. The molecule has 0 saturated heterocycles. The summed E-state index contributed by atoms with van der Waals surface area (Å²) in [4.78, 5) is 2.53. The van der Waals surface area contributed by atoms with Gasteiger partial charge >= 0.3 is 0 Å². The topological polar surface area (TPSA) is 24.5 Å². The van der Waals surface area contributed by atoms with Gasteiger partial charge < -0.3 is 15.0 Å². The van der Waals surface area contributed by atoms with Gasteiger partial charge in [0.2, 0.25) is 0 Å². The van der Waals surface area contributed by atoms with E-state index in [1.807, 2.05) is 0 Å². The Labute approximate surface area is 129 Å². The van der Waals surface area contributed by atoms with E-state index < -0.39 is 0 Å². The van der Waals surface area contributed by atoms with Gasteiger partial charge in [-0.15, -0.1) is 0 Å². The number of nitrogens with one attached hydrogen (secondary N) is 1. The van der Waals surface area contributed by atoms with Gasteiger partial charge in [-0.25, -0.2) is 0 Å². The Morgan fingerprint density at radius 2 is 2.05 bits per heavy atom. The van der Waals surface area contributed by atoms with Crippen molar-refractivity contribution in [3.8, 4) is 0 Å². The largest absolute Gasteiger partial charge is 0.379 e. The third-order valence-corrected chi connectivity index (χ3v) is 4.89. The van der Waals surface area contributed by atoms with Gasteiger partial charge in [0, 0.05) is 38.0 Å². The molecule has 0 saturated carbocycles. The van der Waals surface area contributed by atoms with E-state index in [0.29, 0.717) is 0 Å². The molecule has 1 aromatic carbocycles. The molecule has 0 bridgehead atoms. The highest BCUT2D eigenvalue weighted by atomic mass is 16.5. The molecule has 0 fully saturated rings. The summed E-state index contributed by atoms with van der Waals surface area (Å²) in [5.74, 6) is 0. The maximum absolute atomic E-state index is 5.58. The molecule has 1 aromatic rings. The number of hydrogen-bond acceptors (Lipinski definition) is 3. The molecule has 1 unspecified atom stereocenters. The first-order valence-corrected chi connectivity index (χ1v) is 8.02. The maximum Gasteiger partial charge on any atom is 0.0639 e. The molecule has 2 rings (SSSR count). The van der Waals surface area contributed by atoms with Crippen LogP contribution in [-0.4, -0.2) is 31.3 Å². The molecule has 0 aliphatic carbocycles. The minimum Gasteiger partial charge on any atom is -0.379 e. The van der Waals surface area contributed by atoms with E-state index in [-0.39, 0.29) is 11.1 Å². The van der Waals surface area contributed by atoms with Crippen LogP contribution >= 0.6 is 0 Å². The van der Waals surface area contributed by atoms with Gasteiger partial charge in [-0.05, 0) is 45.2 Å². The number of methoxy groups -OCH3 is 1. The first-order chi connectivity index (χ1) is 9.89. The predicted octanol–water partition coefficient (Wildman–Crippen LogP) is 3.58. The van der Waals surface area contributed by atoms with Crippen molar-refractivity contribution in [3.63, 3.8) is 0 Å². The van der Waals surface area contributed by atoms with Gasteiger partial charge in [0.05, 0.1) is 5.60 Å². The normalized spacial score (nSPS) is 22.8. The van der Waals surface area contributed by atoms with E-state index in [0.717, 1.165) is 32.5 Å². The van der Waals surface area contributed by atoms with Gasteiger partial charge in [-0.1, -0.05) is 25.1 Å². The Morgan fingerprint density at radius 1 is 1.33 bits per heavy atom. The Balaban J connectivity index is 2.22. The molecule has 1 N–H and O–H groups in total. The lowest BCUT2D eigenvalue weighted by Crippen LogP contribution is -2.49. The molecule has 0 spiro atoms. The van der Waals surface area contributed by atoms with Crippen LogP contribution in [0.2, 0.25) is 0 Å². The molecular weight excluding hydrogens is 260 g/mol. The summed E-state index contributed by atoms with van der Waals surface area (Å²) in [5, 5.41) is 3.73. The average Bonchev–Trinajstić information content (AvgIpc) is 2.64. The fourth-order valence-electron chi connectivity index (χ4n) is 2.78. The van der Waals surface area contributed by atoms with Crippen molar-refractivity contribution < 1.29 is 4.74 Å². The molecule has 0 aromatic heterocycles. The molecule has 0 amide bonds. The fourth-order valence-corrected chi connectivity index (χ4v) is 2.78. The summed E-state index contributed by atoms with van der Waals surface area (Å²) < 4.78 is 5.58. The van der Waals surface area contributed by atoms with Crippen LogP contribution in [0.1, 0.15) is 46.1 Å². The van der Waals surface area contributed by atoms with Crippen LogP contribution in [-0.2, 0) is 11.3 Å². The third kappa shape index (κ3) is 3.98. The summed E-state index contributed by atoms with van der Waals surface area (Å²) in [7, 11) is 1.80. The molecule has 1 heterocycles. The Kier molecular flexibility index (Phi) is 4.95. The highest BCUT2D eigenvalue weighted by Gasteiger charge is 2.30. The first-order valence-electron chi connectivity index (χ1n) is 8.02. The van der Waals surface area contributed by atoms with E-state index in [4.69, 9.17) is 4.74 Å². The van der Waals surface area contributed by atoms with E-state index in [1.54, 1.807) is 7.11 Å². The lowest BCUT2D eigenvalue weighted by molar-refractivity contribution is 0.0170. The van der Waals surface area contributed by atoms with Crippen LogP contribution in [0, 0.1) is 0 Å². The standard InChI is InChI=1S/C18H30N2O/c1-6-18(4)14-20(12-11-17(2,3)21-5)16-10-8-7-9-15(16)13-19-18/h7-10,19H,6,11-14H2,1-5H3. The second-order valence-electron chi connectivity index (χ2n) is 7.03. The minimum atomic E-state index is -0.0721. The molecule has 118 valence electrons. The second kappa shape index (κ2) is 6.37. The Hall–Kier alpha value is -1.06. The highest BCUT2D eigenvalue weighted by molar-refractivity contribution is 5.55. The Bertz CT molecular complexity index is 472. The number of nitrogens with zero attached hydrogens (tertiary/aromatic N) is 1. The number of fused-ring (bicyclic) bond motifs is 1. The summed E-state index contributed by atoms with van der Waals surface area (Å²) in [5.41, 5.74) is 2.85. The van der Waals surface area contributed by atoms with E-state index in [2.05, 4.69) is 62.2 Å². The molecule has 0 radical (unpaired) electrons. The maximum atomic E-state index is 5.58. The number of anilines is 1. The summed E-state index contributed by atoms with van der Waals surface area (Å²) in [6.07, 6.45) is 2.16. The van der Waals surface area contributed by atoms with Crippen LogP contribution in [0.25, 0.3) is 0 Å². The second-order valence-corrected chi connectivity index (χ2v) is 7.03. The van der Waals surface area contributed by atoms with Crippen LogP contribution in [0.4, 0.5) is 5.69 Å². The third-order valence-electron chi connectivity index (χ3n) is 4.89. The van der Waals surface area contributed by atoms with E-state index in [1.165, 1.54) is 11.3 Å². The van der Waals surface area contributed by atoms with Crippen molar-refractivity contribution in [1.82, 2.24) is 5.32 Å². The van der Waals surface area contributed by atoms with Gasteiger partial charge in [0.15, 0.2) is 0 Å². The van der Waals surface area contributed by atoms with Crippen molar-refractivity contribution in [3.05, 3.63) is 29.8 Å². The van der Waals surface area contributed by atoms with Gasteiger partial charge in [-0.2, -0.15) is 0 Å². The zero-order chi connectivity index (χ0) is 15.5. The van der Waals surface area contributed by atoms with Crippen LogP contribution < -0.4 is 10.2 Å². The first kappa shape index (κ1) is 16.3. The Morgan fingerprint density at radius 3 is 2.71 bits per heavy atom. The SMILES string of the molecule is CCC1(C)CN(CCC(C)(C)OC)c2ccccc2CN1. The molecular formula is C18H30N2O. The van der Waals surface area contributed by atoms with Crippen LogP contribution in [0.3, 0.4) is 0 Å². The molecule has 3 nitrogen and oxygen atoms in total. The lowest BCUT2D eigenvalue weighted by Gasteiger charge is -2.36. The van der Waals surface area contributed by atoms with E-state index in [9.17, 15) is 0 Å². The zero-order valence-corrected chi connectivity index (χ0v) is 14.2. The van der Waals surface area contributed by atoms with Gasteiger partial charge in [-0.3, -0.25) is 0 Å². The molecule has 1 aliphatic heterocycles. The minimum absolute atomic E-state index is 0.0721. The van der Waals surface area contributed by atoms with Crippen molar-refractivity contribution in [2.24, 2.45) is 0 Å². The number of rotatable bonds is 5. The van der Waals surface area contributed by atoms with Gasteiger partial charge in [0.25, 0.3) is 0 Å². The van der Waals surface area contributed by atoms with Gasteiger partial charge in [0.1, 0.15) is 0 Å². The summed E-state index contributed by atoms with van der Waals surface area (Å²) >= 11 is 0. The molecule has 21 heavy (non-hydrogen) atoms. The highest BCUT2D eigenvalue weighted by Crippen LogP contribution is 2.29. The van der Waals surface area contributed by atoms with Crippen molar-refractivity contribution >= 4 is 5.69 Å². The monoisotopic (exact) mass is 290 g/mol. The van der Waals surface area contributed by atoms with Crippen LogP contribution in [0.5, 0.6) is 0 Å². The molecule has 1 aliphatic rings. The smallest absolute Gasteiger partial charge is 0.0639 e. The quantitative estimate of drug-likeness (QED) is 0.897. The van der Waals surface area contributed by atoms with E-state index >= 15 is 0 Å². The molecule has 1 atom stereocenters. The zero-order valence-electron chi connectivity index (χ0n) is 14.2. The lowest BCUT2D eigenvalue weighted by atomic mass is 9.97. The van der Waals surface area contributed by atoms with Crippen LogP contribution in [0.15, 0.2) is 24.3 Å². The number of para-hydroxylation sites is 1. The summed E-state index contributed by atoms with van der Waals surface area (Å²) in [6.45, 7) is 11.9. The fraction of sp³-hybridized carbons (Fsp3) is 0.667. The summed E-state index contributed by atoms with van der Waals surface area (Å²) in [6, 6.07) is 8.75. The number of ether oxygens (including phenoxy) is 1. The van der Waals surface area contributed by atoms with Crippen molar-refractivity contribution in [1.29, 1.82) is 0 Å². The average molecular weight is 290 g/mol.